The topological polar surface area (TPSA) is 79.4 Å². The molecule has 2 heterocycles. The summed E-state index contributed by atoms with van der Waals surface area (Å²) < 4.78 is 26.9. The summed E-state index contributed by atoms with van der Waals surface area (Å²) >= 11 is 1.28. The third-order valence-electron chi connectivity index (χ3n) is 5.05. The molecule has 1 aliphatic rings. The summed E-state index contributed by atoms with van der Waals surface area (Å²) in [5.74, 6) is 0.0713. The molecule has 1 aromatic carbocycles. The highest BCUT2D eigenvalue weighted by atomic mass is 32.2. The van der Waals surface area contributed by atoms with Crippen molar-refractivity contribution in [2.45, 2.75) is 55.4 Å². The van der Waals surface area contributed by atoms with Crippen LogP contribution >= 0.6 is 11.8 Å². The first-order valence-electron chi connectivity index (χ1n) is 10.2. The number of thioether (sulfide) groups is 1. The molecular weight excluding hydrogens is 418 g/mol. The number of anilines is 1. The van der Waals surface area contributed by atoms with E-state index in [0.717, 1.165) is 24.9 Å². The molecule has 1 amide bonds. The number of nitrogens with one attached hydrogen (secondary N) is 1. The molecule has 0 unspecified atom stereocenters. The van der Waals surface area contributed by atoms with Crippen LogP contribution in [0, 0.1) is 0 Å². The number of aromatic nitrogens is 1. The van der Waals surface area contributed by atoms with Crippen molar-refractivity contribution in [2.24, 2.45) is 0 Å². The predicted molar refractivity (Wildman–Crippen MR) is 121 cm³/mol. The van der Waals surface area contributed by atoms with Crippen molar-refractivity contribution in [1.82, 2.24) is 9.29 Å². The van der Waals surface area contributed by atoms with Crippen molar-refractivity contribution >= 4 is 33.4 Å². The Bertz CT molecular complexity index is 960. The zero-order chi connectivity index (χ0) is 21.8. The van der Waals surface area contributed by atoms with Crippen LogP contribution < -0.4 is 5.32 Å². The van der Waals surface area contributed by atoms with Gasteiger partial charge in [0, 0.05) is 25.0 Å². The molecule has 0 saturated carbocycles. The third kappa shape index (κ3) is 5.83. The maximum absolute atomic E-state index is 12.7. The van der Waals surface area contributed by atoms with E-state index in [9.17, 15) is 13.2 Å². The van der Waals surface area contributed by atoms with E-state index in [4.69, 9.17) is 0 Å². The summed E-state index contributed by atoms with van der Waals surface area (Å²) in [6.07, 6.45) is 4.25. The van der Waals surface area contributed by atoms with E-state index in [-0.39, 0.29) is 22.0 Å². The lowest BCUT2D eigenvalue weighted by Gasteiger charge is -2.25. The van der Waals surface area contributed by atoms with Crippen LogP contribution in [0.15, 0.2) is 52.5 Å². The Morgan fingerprint density at radius 3 is 2.30 bits per heavy atom. The van der Waals surface area contributed by atoms with Crippen LogP contribution in [0.3, 0.4) is 0 Å². The van der Waals surface area contributed by atoms with Gasteiger partial charge in [0.05, 0.1) is 10.8 Å². The van der Waals surface area contributed by atoms with Crippen molar-refractivity contribution < 1.29 is 13.2 Å². The molecule has 0 spiro atoms. The zero-order valence-electron chi connectivity index (χ0n) is 17.7. The summed E-state index contributed by atoms with van der Waals surface area (Å²) in [7, 11) is -3.48. The smallest absolute Gasteiger partial charge is 0.244 e. The molecule has 3 rings (SSSR count). The molecule has 0 atom stereocenters. The molecule has 0 bridgehead atoms. The van der Waals surface area contributed by atoms with Gasteiger partial charge in [0.25, 0.3) is 0 Å². The number of pyridine rings is 1. The predicted octanol–water partition coefficient (Wildman–Crippen LogP) is 4.28. The number of amides is 1. The van der Waals surface area contributed by atoms with Crippen molar-refractivity contribution in [3.63, 3.8) is 0 Å². The number of sulfonamides is 1. The second-order valence-corrected chi connectivity index (χ2v) is 11.4. The Balaban J connectivity index is 1.54. The van der Waals surface area contributed by atoms with Crippen molar-refractivity contribution in [1.29, 1.82) is 0 Å². The SMILES string of the molecule is CC(C)(C)c1ccc(NC(=O)CSc2ccc(S(=O)(=O)N3CCCCC3)cn2)cc1. The van der Waals surface area contributed by atoms with Gasteiger partial charge in [0.1, 0.15) is 4.90 Å². The van der Waals surface area contributed by atoms with Crippen LogP contribution in [0.25, 0.3) is 0 Å². The number of rotatable bonds is 6. The second kappa shape index (κ2) is 9.49. The van der Waals surface area contributed by atoms with Crippen LogP contribution in [0.5, 0.6) is 0 Å². The van der Waals surface area contributed by atoms with Crippen LogP contribution in [0.2, 0.25) is 0 Å². The number of piperidine rings is 1. The molecule has 0 radical (unpaired) electrons. The molecule has 1 saturated heterocycles. The van der Waals surface area contributed by atoms with Crippen LogP contribution in [0.4, 0.5) is 5.69 Å². The standard InChI is InChI=1S/C22H29N3O3S2/c1-22(2,3)17-7-9-18(10-8-17)24-20(26)16-29-21-12-11-19(15-23-21)30(27,28)25-13-5-4-6-14-25/h7-12,15H,4-6,13-14,16H2,1-3H3,(H,24,26). The highest BCUT2D eigenvalue weighted by Crippen LogP contribution is 2.24. The molecule has 162 valence electrons. The number of nitrogens with zero attached hydrogens (tertiary/aromatic N) is 2. The maximum Gasteiger partial charge on any atom is 0.244 e. The van der Waals surface area contributed by atoms with Gasteiger partial charge in [-0.05, 0) is 48.1 Å². The van der Waals surface area contributed by atoms with E-state index in [2.05, 4.69) is 31.1 Å². The highest BCUT2D eigenvalue weighted by molar-refractivity contribution is 7.99. The van der Waals surface area contributed by atoms with Gasteiger partial charge in [-0.25, -0.2) is 13.4 Å². The average molecular weight is 448 g/mol. The summed E-state index contributed by atoms with van der Waals surface area (Å²) in [6, 6.07) is 11.1. The van der Waals surface area contributed by atoms with Crippen molar-refractivity contribution in [3.05, 3.63) is 48.2 Å². The van der Waals surface area contributed by atoms with Gasteiger partial charge in [-0.1, -0.05) is 51.1 Å². The highest BCUT2D eigenvalue weighted by Gasteiger charge is 2.26. The molecule has 8 heteroatoms. The minimum absolute atomic E-state index is 0.0672. The maximum atomic E-state index is 12.7. The van der Waals surface area contributed by atoms with Crippen LogP contribution in [0.1, 0.15) is 45.6 Å². The van der Waals surface area contributed by atoms with Gasteiger partial charge in [-0.2, -0.15) is 4.31 Å². The molecule has 1 aromatic heterocycles. The number of hydrogen-bond acceptors (Lipinski definition) is 5. The van der Waals surface area contributed by atoms with E-state index in [1.807, 2.05) is 24.3 Å². The van der Waals surface area contributed by atoms with Gasteiger partial charge in [0.2, 0.25) is 15.9 Å². The molecule has 6 nitrogen and oxygen atoms in total. The Kier molecular flexibility index (Phi) is 7.21. The zero-order valence-corrected chi connectivity index (χ0v) is 19.4. The van der Waals surface area contributed by atoms with E-state index in [1.165, 1.54) is 27.8 Å². The van der Waals surface area contributed by atoms with Crippen molar-refractivity contribution in [2.75, 3.05) is 24.2 Å². The van der Waals surface area contributed by atoms with E-state index in [1.54, 1.807) is 12.1 Å². The Morgan fingerprint density at radius 2 is 1.73 bits per heavy atom. The minimum atomic E-state index is -3.48. The minimum Gasteiger partial charge on any atom is -0.325 e. The van der Waals surface area contributed by atoms with E-state index >= 15 is 0 Å². The Hall–Kier alpha value is -1.90. The van der Waals surface area contributed by atoms with Crippen molar-refractivity contribution in [3.8, 4) is 0 Å². The van der Waals surface area contributed by atoms with Crippen LogP contribution in [-0.4, -0.2) is 42.5 Å². The summed E-state index contributed by atoms with van der Waals surface area (Å²) in [4.78, 5) is 16.7. The van der Waals surface area contributed by atoms with Gasteiger partial charge in [-0.15, -0.1) is 0 Å². The fraction of sp³-hybridized carbons (Fsp3) is 0.455. The summed E-state index contributed by atoms with van der Waals surface area (Å²) in [5, 5.41) is 3.50. The molecule has 0 aliphatic carbocycles. The molecule has 30 heavy (non-hydrogen) atoms. The fourth-order valence-electron chi connectivity index (χ4n) is 3.25. The first kappa shape index (κ1) is 22.8. The third-order valence-corrected chi connectivity index (χ3v) is 7.87. The normalized spacial score (nSPS) is 15.7. The van der Waals surface area contributed by atoms with E-state index in [0.29, 0.717) is 18.1 Å². The molecule has 1 fully saturated rings. The fourth-order valence-corrected chi connectivity index (χ4v) is 5.35. The Labute approximate surface area is 183 Å². The number of carbonyl (C=O) groups is 1. The van der Waals surface area contributed by atoms with E-state index < -0.39 is 10.0 Å². The largest absolute Gasteiger partial charge is 0.325 e. The number of hydrogen-bond donors (Lipinski definition) is 1. The molecule has 1 aliphatic heterocycles. The van der Waals surface area contributed by atoms with Crippen LogP contribution in [-0.2, 0) is 20.2 Å². The van der Waals surface area contributed by atoms with Gasteiger partial charge in [0.15, 0.2) is 0 Å². The number of carbonyl (C=O) groups excluding carboxylic acids is 1. The monoisotopic (exact) mass is 447 g/mol. The molecular formula is C22H29N3O3S2. The second-order valence-electron chi connectivity index (χ2n) is 8.46. The lowest BCUT2D eigenvalue weighted by atomic mass is 9.87. The lowest BCUT2D eigenvalue weighted by Crippen LogP contribution is -2.35. The van der Waals surface area contributed by atoms with Gasteiger partial charge >= 0.3 is 0 Å². The van der Waals surface area contributed by atoms with Gasteiger partial charge in [-0.3, -0.25) is 4.79 Å². The average Bonchev–Trinajstić information content (AvgIpc) is 2.73. The first-order chi connectivity index (χ1) is 14.2. The molecule has 2 aromatic rings. The molecule has 1 N–H and O–H groups in total. The first-order valence-corrected chi connectivity index (χ1v) is 12.6. The van der Waals surface area contributed by atoms with Gasteiger partial charge < -0.3 is 5.32 Å². The number of benzene rings is 1. The quantitative estimate of drug-likeness (QED) is 0.669. The summed E-state index contributed by atoms with van der Waals surface area (Å²) in [6.45, 7) is 7.57. The lowest BCUT2D eigenvalue weighted by molar-refractivity contribution is -0.113. The Morgan fingerprint density at radius 1 is 1.07 bits per heavy atom. The summed E-state index contributed by atoms with van der Waals surface area (Å²) in [5.41, 5.74) is 2.03.